The number of thiazole rings is 1. The summed E-state index contributed by atoms with van der Waals surface area (Å²) in [6.07, 6.45) is 9.38. The normalized spacial score (nSPS) is 17.5. The van der Waals surface area contributed by atoms with Crippen molar-refractivity contribution in [2.45, 2.75) is 98.1 Å². The quantitative estimate of drug-likeness (QED) is 0.0992. The standard InChI is InChI=1S/C69H80FN9S/c1-44(41-69(9,10)11)67-57(26-28-66(74-67)78-34-31-54-20-16-22-56(60(54)43-78)48(5)72-68-73-62-23-12-13-24-65(62)80-68)55-21-15-19-53(47(55)4)18-14-17-52-29-32-75(33-30-52)42-46(3)76-35-37-77(38-36-76)64-40-59-51(8)79(50(7)58(59)39-61(64)70)63-27-25-45(2)71-49(63)6/h12-13,15-16,19-24,26,28,39-40,52,63,71H,1-3,5-8,14,17-18,25,27,29-38,41-43H2,4,9-11H3,(H,72,73). The van der Waals surface area contributed by atoms with Gasteiger partial charge in [0, 0.05) is 101 Å². The van der Waals surface area contributed by atoms with E-state index in [2.05, 4.69) is 169 Å². The summed E-state index contributed by atoms with van der Waals surface area (Å²) in [5, 5.41) is 11.1. The second kappa shape index (κ2) is 22.7. The fourth-order valence-electron chi connectivity index (χ4n) is 13.1. The van der Waals surface area contributed by atoms with Crippen molar-refractivity contribution in [1.29, 1.82) is 0 Å². The molecular formula is C69H80FN9S. The van der Waals surface area contributed by atoms with Crippen molar-refractivity contribution in [1.82, 2.24) is 29.7 Å². The lowest BCUT2D eigenvalue weighted by Crippen LogP contribution is -2.48. The molecule has 4 aliphatic heterocycles. The number of rotatable bonds is 16. The van der Waals surface area contributed by atoms with Gasteiger partial charge in [0.25, 0.3) is 0 Å². The first-order chi connectivity index (χ1) is 38.5. The van der Waals surface area contributed by atoms with Crippen LogP contribution >= 0.6 is 11.3 Å². The molecule has 80 heavy (non-hydrogen) atoms. The zero-order valence-electron chi connectivity index (χ0n) is 47.8. The Morgan fingerprint density at radius 3 is 2.29 bits per heavy atom. The molecule has 3 aromatic heterocycles. The maximum Gasteiger partial charge on any atom is 0.188 e. The summed E-state index contributed by atoms with van der Waals surface area (Å²) in [5.74, 6) is 1.49. The van der Waals surface area contributed by atoms with E-state index in [1.807, 2.05) is 12.1 Å². The molecule has 4 aromatic carbocycles. The largest absolute Gasteiger partial charge is 0.371 e. The summed E-state index contributed by atoms with van der Waals surface area (Å²) in [5.41, 5.74) is 16.6. The van der Waals surface area contributed by atoms with Crippen LogP contribution in [0.15, 0.2) is 135 Å². The van der Waals surface area contributed by atoms with E-state index in [0.717, 1.165) is 185 Å². The van der Waals surface area contributed by atoms with E-state index in [4.69, 9.17) is 16.5 Å². The van der Waals surface area contributed by atoms with Crippen LogP contribution in [0.2, 0.25) is 0 Å². The number of nitrogens with zero attached hydrogens (tertiary/aromatic N) is 7. The van der Waals surface area contributed by atoms with Crippen molar-refractivity contribution >= 4 is 73.4 Å². The minimum absolute atomic E-state index is 0.00246. The molecule has 0 bridgehead atoms. The lowest BCUT2D eigenvalue weighted by atomic mass is 9.84. The van der Waals surface area contributed by atoms with Gasteiger partial charge in [0.05, 0.1) is 27.6 Å². The van der Waals surface area contributed by atoms with Crippen molar-refractivity contribution in [2.24, 2.45) is 11.3 Å². The maximum atomic E-state index is 15.9. The molecule has 11 heteroatoms. The zero-order chi connectivity index (χ0) is 56.0. The number of para-hydroxylation sites is 1. The molecule has 0 amide bonds. The van der Waals surface area contributed by atoms with Crippen molar-refractivity contribution in [3.63, 3.8) is 0 Å². The fraction of sp³-hybridized carbons (Fsp3) is 0.362. The zero-order valence-corrected chi connectivity index (χ0v) is 48.6. The first-order valence-corrected chi connectivity index (χ1v) is 29.8. The van der Waals surface area contributed by atoms with Crippen LogP contribution in [0.1, 0.15) is 105 Å². The van der Waals surface area contributed by atoms with Crippen LogP contribution in [0.25, 0.3) is 56.5 Å². The smallest absolute Gasteiger partial charge is 0.188 e. The summed E-state index contributed by atoms with van der Waals surface area (Å²) < 4.78 is 19.2. The number of nitrogens with one attached hydrogen (secondary N) is 2. The molecule has 7 heterocycles. The lowest BCUT2D eigenvalue weighted by Gasteiger charge is -2.40. The van der Waals surface area contributed by atoms with Crippen LogP contribution in [0.3, 0.4) is 0 Å². The number of piperidine rings is 2. The Labute approximate surface area is 477 Å². The monoisotopic (exact) mass is 1090 g/mol. The number of aromatic nitrogens is 3. The molecular weight excluding hydrogens is 1010 g/mol. The van der Waals surface area contributed by atoms with Crippen LogP contribution in [-0.2, 0) is 19.4 Å². The molecule has 4 aliphatic rings. The fourth-order valence-corrected chi connectivity index (χ4v) is 14.0. The third-order valence-corrected chi connectivity index (χ3v) is 18.4. The van der Waals surface area contributed by atoms with Crippen LogP contribution in [0.4, 0.5) is 21.0 Å². The predicted octanol–water partition coefficient (Wildman–Crippen LogP) is 14.0. The molecule has 11 rings (SSSR count). The van der Waals surface area contributed by atoms with E-state index in [1.54, 1.807) is 17.4 Å². The van der Waals surface area contributed by atoms with Gasteiger partial charge < -0.3 is 29.9 Å². The molecule has 0 spiro atoms. The summed E-state index contributed by atoms with van der Waals surface area (Å²) in [4.78, 5) is 20.0. The summed E-state index contributed by atoms with van der Waals surface area (Å²) in [6, 6.07) is 29.9. The Morgan fingerprint density at radius 2 is 1.54 bits per heavy atom. The van der Waals surface area contributed by atoms with Gasteiger partial charge in [0.2, 0.25) is 0 Å². The van der Waals surface area contributed by atoms with Crippen LogP contribution in [-0.4, -0.2) is 76.7 Å². The van der Waals surface area contributed by atoms with Gasteiger partial charge >= 0.3 is 0 Å². The van der Waals surface area contributed by atoms with E-state index in [9.17, 15) is 0 Å². The molecule has 1 unspecified atom stereocenters. The van der Waals surface area contributed by atoms with Gasteiger partial charge in [0.15, 0.2) is 5.13 Å². The van der Waals surface area contributed by atoms with Gasteiger partial charge in [-0.25, -0.2) is 14.4 Å². The van der Waals surface area contributed by atoms with Gasteiger partial charge in [0.1, 0.15) is 11.6 Å². The van der Waals surface area contributed by atoms with E-state index in [1.165, 1.54) is 53.5 Å². The third kappa shape index (κ3) is 11.4. The Kier molecular flexibility index (Phi) is 15.6. The highest BCUT2D eigenvalue weighted by Crippen LogP contribution is 2.40. The average molecular weight is 1090 g/mol. The number of likely N-dealkylation sites (tertiary alicyclic amines) is 1. The molecule has 3 saturated heterocycles. The Hall–Kier alpha value is -7.21. The highest BCUT2D eigenvalue weighted by atomic mass is 32.1. The molecule has 2 N–H and O–H groups in total. The molecule has 3 fully saturated rings. The first-order valence-electron chi connectivity index (χ1n) is 29.0. The molecule has 0 radical (unpaired) electrons. The number of piperazine rings is 1. The topological polar surface area (TPSA) is 67.7 Å². The number of aryl methyl sites for hydroxylation is 1. The number of benzene rings is 4. The van der Waals surface area contributed by atoms with Crippen molar-refractivity contribution in [3.8, 4) is 11.1 Å². The van der Waals surface area contributed by atoms with E-state index in [0.29, 0.717) is 5.69 Å². The van der Waals surface area contributed by atoms with Crippen molar-refractivity contribution < 1.29 is 4.39 Å². The molecule has 0 aliphatic carbocycles. The van der Waals surface area contributed by atoms with Crippen LogP contribution < -0.4 is 31.1 Å². The van der Waals surface area contributed by atoms with Gasteiger partial charge in [-0.05, 0) is 153 Å². The number of anilines is 3. The van der Waals surface area contributed by atoms with Crippen molar-refractivity contribution in [3.05, 3.63) is 185 Å². The number of hydrogen-bond donors (Lipinski definition) is 2. The lowest BCUT2D eigenvalue weighted by molar-refractivity contribution is 0.173. The number of halogens is 1. The Morgan fingerprint density at radius 1 is 0.787 bits per heavy atom. The Bertz CT molecular complexity index is 3640. The predicted molar refractivity (Wildman–Crippen MR) is 338 cm³/mol. The minimum Gasteiger partial charge on any atom is -0.371 e. The van der Waals surface area contributed by atoms with Crippen LogP contribution in [0.5, 0.6) is 0 Å². The molecule has 414 valence electrons. The molecule has 9 nitrogen and oxygen atoms in total. The Balaban J connectivity index is 0.687. The van der Waals surface area contributed by atoms with Crippen LogP contribution in [0, 0.1) is 24.1 Å². The van der Waals surface area contributed by atoms with E-state index in [-0.39, 0.29) is 17.3 Å². The summed E-state index contributed by atoms with van der Waals surface area (Å²) in [7, 11) is 0. The third-order valence-electron chi connectivity index (χ3n) is 17.5. The second-order valence-corrected chi connectivity index (χ2v) is 25.3. The molecule has 1 atom stereocenters. The summed E-state index contributed by atoms with van der Waals surface area (Å²) in [6.45, 7) is 47.9. The van der Waals surface area contributed by atoms with Gasteiger partial charge in [-0.1, -0.05) is 133 Å². The summed E-state index contributed by atoms with van der Waals surface area (Å²) >= 11 is 1.65. The van der Waals surface area contributed by atoms with Crippen molar-refractivity contribution in [2.75, 3.05) is 67.5 Å². The van der Waals surface area contributed by atoms with Gasteiger partial charge in [-0.2, -0.15) is 0 Å². The first kappa shape index (κ1) is 54.7. The minimum atomic E-state index is -0.215. The number of allylic oxidation sites excluding steroid dienone is 3. The highest BCUT2D eigenvalue weighted by molar-refractivity contribution is 7.22. The number of fused-ring (bicyclic) bond motifs is 3. The molecule has 7 aromatic rings. The number of hydrogen-bond acceptors (Lipinski definition) is 9. The van der Waals surface area contributed by atoms with E-state index >= 15 is 4.39 Å². The SMILES string of the molecule is C=C1CCC(n2c(=C)c3cc(F)c(N4CCN(C(=C)CN5CCC(CCCc6cccc(-c7ccc(N8CCc9cccc(C(=C)Nc%10nc%11ccccc%11s%10)c9C8)nc7C(=C)CC(C)(C)C)c6C)CC5)CC4)cc3c2=C)C(=C)N1. The maximum absolute atomic E-state index is 15.9. The molecule has 0 saturated carbocycles. The van der Waals surface area contributed by atoms with Gasteiger partial charge in [-0.15, -0.1) is 0 Å². The highest BCUT2D eigenvalue weighted by Gasteiger charge is 2.29. The van der Waals surface area contributed by atoms with Gasteiger partial charge in [-0.3, -0.25) is 4.90 Å². The van der Waals surface area contributed by atoms with E-state index < -0.39 is 0 Å². The second-order valence-electron chi connectivity index (χ2n) is 24.3. The number of pyridine rings is 1. The average Bonchev–Trinajstić information content (AvgIpc) is 4.07.